The van der Waals surface area contributed by atoms with E-state index in [0.29, 0.717) is 0 Å². The molecule has 0 amide bonds. The Kier molecular flexibility index (Phi) is 4.72. The molecule has 3 heteroatoms. The molecule has 2 aromatic rings. The summed E-state index contributed by atoms with van der Waals surface area (Å²) in [5, 5.41) is 0. The van der Waals surface area contributed by atoms with E-state index in [-0.39, 0.29) is 6.04 Å². The van der Waals surface area contributed by atoms with Crippen molar-refractivity contribution >= 4 is 11.8 Å². The molecule has 0 radical (unpaired) electrons. The maximum Gasteiger partial charge on any atom is 0.113 e. The van der Waals surface area contributed by atoms with Gasteiger partial charge in [-0.3, -0.25) is 0 Å². The summed E-state index contributed by atoms with van der Waals surface area (Å²) in [5.74, 6) is 2.80. The van der Waals surface area contributed by atoms with Crippen molar-refractivity contribution in [2.24, 2.45) is 5.73 Å². The van der Waals surface area contributed by atoms with E-state index in [0.717, 1.165) is 17.3 Å². The van der Waals surface area contributed by atoms with Crippen molar-refractivity contribution in [3.8, 4) is 0 Å². The number of hydrogen-bond acceptors (Lipinski definition) is 3. The Balaban J connectivity index is 1.98. The average Bonchev–Trinajstić information content (AvgIpc) is 2.80. The van der Waals surface area contributed by atoms with Crippen molar-refractivity contribution in [2.45, 2.75) is 32.6 Å². The molecule has 0 fully saturated rings. The smallest absolute Gasteiger partial charge is 0.113 e. The molecule has 0 bridgehead atoms. The van der Waals surface area contributed by atoms with Crippen LogP contribution in [-0.2, 0) is 5.75 Å². The van der Waals surface area contributed by atoms with Gasteiger partial charge in [-0.25, -0.2) is 0 Å². The summed E-state index contributed by atoms with van der Waals surface area (Å²) in [6, 6.07) is 8.42. The Hall–Kier alpha value is -1.19. The minimum Gasteiger partial charge on any atom is -0.468 e. The maximum atomic E-state index is 6.33. The Bertz CT molecular complexity index is 511. The van der Waals surface area contributed by atoms with Crippen molar-refractivity contribution in [3.63, 3.8) is 0 Å². The normalized spacial score (nSPS) is 12.6. The van der Waals surface area contributed by atoms with E-state index in [4.69, 9.17) is 10.2 Å². The molecule has 1 heterocycles. The summed E-state index contributed by atoms with van der Waals surface area (Å²) in [6.45, 7) is 6.42. The van der Waals surface area contributed by atoms with E-state index in [1.807, 2.05) is 23.9 Å². The molecule has 19 heavy (non-hydrogen) atoms. The Morgan fingerprint density at radius 2 is 1.89 bits per heavy atom. The topological polar surface area (TPSA) is 39.2 Å². The predicted octanol–water partition coefficient (Wildman–Crippen LogP) is 4.14. The molecular formula is C16H21NOS. The molecular weight excluding hydrogens is 254 g/mol. The second-order valence-electron chi connectivity index (χ2n) is 5.01. The van der Waals surface area contributed by atoms with E-state index < -0.39 is 0 Å². The van der Waals surface area contributed by atoms with Crippen LogP contribution in [0.1, 0.15) is 34.1 Å². The van der Waals surface area contributed by atoms with Gasteiger partial charge in [-0.1, -0.05) is 17.7 Å². The van der Waals surface area contributed by atoms with Crippen LogP contribution >= 0.6 is 11.8 Å². The maximum absolute atomic E-state index is 6.33. The number of aryl methyl sites for hydroxylation is 3. The van der Waals surface area contributed by atoms with Gasteiger partial charge in [0.05, 0.1) is 12.0 Å². The zero-order chi connectivity index (χ0) is 13.8. The summed E-state index contributed by atoms with van der Waals surface area (Å²) < 4.78 is 5.32. The summed E-state index contributed by atoms with van der Waals surface area (Å²) in [6.07, 6.45) is 1.71. The molecule has 2 rings (SSSR count). The number of benzene rings is 1. The highest BCUT2D eigenvalue weighted by Gasteiger charge is 2.12. The van der Waals surface area contributed by atoms with E-state index in [1.54, 1.807) is 6.26 Å². The lowest BCUT2D eigenvalue weighted by atomic mass is 9.95. The van der Waals surface area contributed by atoms with Crippen LogP contribution in [0.2, 0.25) is 0 Å². The molecule has 0 spiro atoms. The van der Waals surface area contributed by atoms with Crippen LogP contribution in [0.15, 0.2) is 34.9 Å². The van der Waals surface area contributed by atoms with Crippen molar-refractivity contribution in [1.82, 2.24) is 0 Å². The van der Waals surface area contributed by atoms with Gasteiger partial charge in [0.2, 0.25) is 0 Å². The van der Waals surface area contributed by atoms with Crippen molar-refractivity contribution in [2.75, 3.05) is 5.75 Å². The summed E-state index contributed by atoms with van der Waals surface area (Å²) >= 11 is 1.82. The fraction of sp³-hybridized carbons (Fsp3) is 0.375. The first-order chi connectivity index (χ1) is 9.08. The average molecular weight is 275 g/mol. The largest absolute Gasteiger partial charge is 0.468 e. The van der Waals surface area contributed by atoms with Crippen LogP contribution < -0.4 is 5.73 Å². The molecule has 102 valence electrons. The molecule has 0 aliphatic rings. The predicted molar refractivity (Wildman–Crippen MR) is 82.5 cm³/mol. The second kappa shape index (κ2) is 6.31. The second-order valence-corrected chi connectivity index (χ2v) is 6.04. The number of furan rings is 1. The number of thioether (sulfide) groups is 1. The lowest BCUT2D eigenvalue weighted by molar-refractivity contribution is 0.530. The summed E-state index contributed by atoms with van der Waals surface area (Å²) in [4.78, 5) is 0. The fourth-order valence-electron chi connectivity index (χ4n) is 2.54. The highest BCUT2D eigenvalue weighted by molar-refractivity contribution is 7.98. The zero-order valence-corrected chi connectivity index (χ0v) is 12.6. The zero-order valence-electron chi connectivity index (χ0n) is 11.8. The Morgan fingerprint density at radius 1 is 1.21 bits per heavy atom. The summed E-state index contributed by atoms with van der Waals surface area (Å²) in [5.41, 5.74) is 11.5. The molecule has 0 aliphatic heterocycles. The van der Waals surface area contributed by atoms with Crippen LogP contribution in [0.4, 0.5) is 0 Å². The molecule has 0 saturated carbocycles. The highest BCUT2D eigenvalue weighted by Crippen LogP contribution is 2.26. The molecule has 2 nitrogen and oxygen atoms in total. The quantitative estimate of drug-likeness (QED) is 0.891. The third kappa shape index (κ3) is 3.64. The molecule has 0 saturated heterocycles. The SMILES string of the molecule is Cc1cc(C)c(C(N)CSCc2ccco2)c(C)c1. The third-order valence-corrected chi connectivity index (χ3v) is 4.31. The van der Waals surface area contributed by atoms with Gasteiger partial charge < -0.3 is 10.2 Å². The van der Waals surface area contributed by atoms with Gasteiger partial charge in [-0.05, 0) is 49.6 Å². The minimum atomic E-state index is 0.0839. The van der Waals surface area contributed by atoms with Gasteiger partial charge in [0, 0.05) is 11.8 Å². The molecule has 1 atom stereocenters. The number of nitrogens with two attached hydrogens (primary N) is 1. The van der Waals surface area contributed by atoms with Crippen molar-refractivity contribution in [3.05, 3.63) is 58.5 Å². The van der Waals surface area contributed by atoms with Crippen LogP contribution in [0.25, 0.3) is 0 Å². The molecule has 1 aromatic heterocycles. The lowest BCUT2D eigenvalue weighted by Crippen LogP contribution is -2.16. The fourth-order valence-corrected chi connectivity index (χ4v) is 3.44. The Morgan fingerprint density at radius 3 is 2.47 bits per heavy atom. The van der Waals surface area contributed by atoms with Crippen LogP contribution in [0.5, 0.6) is 0 Å². The van der Waals surface area contributed by atoms with Crippen LogP contribution in [-0.4, -0.2) is 5.75 Å². The minimum absolute atomic E-state index is 0.0839. The molecule has 1 aromatic carbocycles. The standard InChI is InChI=1S/C16H21NOS/c1-11-7-12(2)16(13(3)8-11)15(17)10-19-9-14-5-4-6-18-14/h4-8,15H,9-10,17H2,1-3H3. The van der Waals surface area contributed by atoms with Crippen molar-refractivity contribution < 1.29 is 4.42 Å². The number of rotatable bonds is 5. The molecule has 1 unspecified atom stereocenters. The van der Waals surface area contributed by atoms with Gasteiger partial charge in [0.15, 0.2) is 0 Å². The third-order valence-electron chi connectivity index (χ3n) is 3.23. The molecule has 0 aliphatic carbocycles. The highest BCUT2D eigenvalue weighted by atomic mass is 32.2. The van der Waals surface area contributed by atoms with E-state index >= 15 is 0 Å². The summed E-state index contributed by atoms with van der Waals surface area (Å²) in [7, 11) is 0. The molecule has 2 N–H and O–H groups in total. The Labute approximate surface area is 119 Å². The monoisotopic (exact) mass is 275 g/mol. The van der Waals surface area contributed by atoms with E-state index in [2.05, 4.69) is 32.9 Å². The van der Waals surface area contributed by atoms with Gasteiger partial charge in [-0.15, -0.1) is 0 Å². The van der Waals surface area contributed by atoms with Crippen LogP contribution in [0, 0.1) is 20.8 Å². The first-order valence-corrected chi connectivity index (χ1v) is 7.67. The van der Waals surface area contributed by atoms with Gasteiger partial charge in [0.25, 0.3) is 0 Å². The van der Waals surface area contributed by atoms with E-state index in [1.165, 1.54) is 22.3 Å². The van der Waals surface area contributed by atoms with Crippen molar-refractivity contribution in [1.29, 1.82) is 0 Å². The van der Waals surface area contributed by atoms with Gasteiger partial charge in [0.1, 0.15) is 5.76 Å². The van der Waals surface area contributed by atoms with Crippen LogP contribution in [0.3, 0.4) is 0 Å². The number of hydrogen-bond donors (Lipinski definition) is 1. The van der Waals surface area contributed by atoms with Gasteiger partial charge in [-0.2, -0.15) is 11.8 Å². The van der Waals surface area contributed by atoms with Gasteiger partial charge >= 0.3 is 0 Å². The lowest BCUT2D eigenvalue weighted by Gasteiger charge is -2.18. The van der Waals surface area contributed by atoms with E-state index in [9.17, 15) is 0 Å². The first kappa shape index (κ1) is 14.2. The first-order valence-electron chi connectivity index (χ1n) is 6.51.